The predicted octanol–water partition coefficient (Wildman–Crippen LogP) is 3.55. The first-order chi connectivity index (χ1) is 15.9. The van der Waals surface area contributed by atoms with Gasteiger partial charge >= 0.3 is 6.03 Å². The molecule has 2 heterocycles. The van der Waals surface area contributed by atoms with E-state index in [9.17, 15) is 9.59 Å². The summed E-state index contributed by atoms with van der Waals surface area (Å²) < 4.78 is 15.9. The third-order valence-electron chi connectivity index (χ3n) is 5.57. The number of anilines is 1. The molecule has 9 nitrogen and oxygen atoms in total. The Labute approximate surface area is 195 Å². The van der Waals surface area contributed by atoms with Gasteiger partial charge in [-0.1, -0.05) is 11.6 Å². The summed E-state index contributed by atoms with van der Waals surface area (Å²) in [5.74, 6) is 0.880. The van der Waals surface area contributed by atoms with Gasteiger partial charge in [0.2, 0.25) is 11.7 Å². The summed E-state index contributed by atoms with van der Waals surface area (Å²) >= 11 is 6.13. The monoisotopic (exact) mass is 472 g/mol. The number of aromatic nitrogens is 1. The van der Waals surface area contributed by atoms with Crippen LogP contribution in [0.15, 0.2) is 30.3 Å². The molecule has 0 radical (unpaired) electrons. The molecule has 3 aromatic rings. The van der Waals surface area contributed by atoms with Crippen LogP contribution in [0.25, 0.3) is 10.9 Å². The molecular weight excluding hydrogens is 448 g/mol. The lowest BCUT2D eigenvalue weighted by atomic mass is 10.0. The highest BCUT2D eigenvalue weighted by molar-refractivity contribution is 6.31. The first kappa shape index (κ1) is 22.6. The lowest BCUT2D eigenvalue weighted by Crippen LogP contribution is -2.45. The van der Waals surface area contributed by atoms with Crippen LogP contribution in [0.3, 0.4) is 0 Å². The summed E-state index contributed by atoms with van der Waals surface area (Å²) in [6.45, 7) is 0.802. The molecule has 0 saturated heterocycles. The summed E-state index contributed by atoms with van der Waals surface area (Å²) in [5, 5.41) is 7.18. The van der Waals surface area contributed by atoms with E-state index < -0.39 is 0 Å². The van der Waals surface area contributed by atoms with E-state index in [1.807, 2.05) is 18.2 Å². The first-order valence-corrected chi connectivity index (χ1v) is 10.7. The SMILES string of the molecule is COc1cc(NC(=O)CNC(=O)N2CCc3c([nH]c4ccc(Cl)cc34)C2)cc(OC)c1OC. The molecule has 0 atom stereocenters. The Balaban J connectivity index is 1.36. The van der Waals surface area contributed by atoms with E-state index in [0.717, 1.165) is 16.6 Å². The number of benzene rings is 2. The second-order valence-corrected chi connectivity index (χ2v) is 8.00. The molecule has 4 rings (SSSR count). The van der Waals surface area contributed by atoms with Gasteiger partial charge in [-0.25, -0.2) is 4.79 Å². The van der Waals surface area contributed by atoms with E-state index in [0.29, 0.717) is 47.5 Å². The molecule has 0 aliphatic carbocycles. The summed E-state index contributed by atoms with van der Waals surface area (Å²) in [4.78, 5) is 30.1. The maximum atomic E-state index is 12.7. The van der Waals surface area contributed by atoms with Crippen LogP contribution in [0.4, 0.5) is 10.5 Å². The van der Waals surface area contributed by atoms with Gasteiger partial charge in [0.05, 0.1) is 34.4 Å². The number of hydrogen-bond donors (Lipinski definition) is 3. The number of aromatic amines is 1. The molecule has 33 heavy (non-hydrogen) atoms. The smallest absolute Gasteiger partial charge is 0.318 e. The Bertz CT molecular complexity index is 1180. The van der Waals surface area contributed by atoms with Gasteiger partial charge in [-0.15, -0.1) is 0 Å². The van der Waals surface area contributed by atoms with Crippen LogP contribution in [-0.2, 0) is 17.8 Å². The fourth-order valence-electron chi connectivity index (χ4n) is 4.01. The fourth-order valence-corrected chi connectivity index (χ4v) is 4.18. The maximum absolute atomic E-state index is 12.7. The van der Waals surface area contributed by atoms with Gasteiger partial charge in [-0.2, -0.15) is 0 Å². The minimum Gasteiger partial charge on any atom is -0.493 e. The molecule has 2 aromatic carbocycles. The topological polar surface area (TPSA) is 105 Å². The van der Waals surface area contributed by atoms with Crippen molar-refractivity contribution < 1.29 is 23.8 Å². The zero-order valence-electron chi connectivity index (χ0n) is 18.6. The summed E-state index contributed by atoms with van der Waals surface area (Å²) in [6.07, 6.45) is 0.709. The minimum absolute atomic E-state index is 0.179. The molecule has 0 unspecified atom stereocenters. The van der Waals surface area contributed by atoms with Gasteiger partial charge in [0.25, 0.3) is 0 Å². The number of H-pyrrole nitrogens is 1. The van der Waals surface area contributed by atoms with E-state index in [2.05, 4.69) is 15.6 Å². The highest BCUT2D eigenvalue weighted by atomic mass is 35.5. The highest BCUT2D eigenvalue weighted by Crippen LogP contribution is 2.39. The lowest BCUT2D eigenvalue weighted by Gasteiger charge is -2.27. The lowest BCUT2D eigenvalue weighted by molar-refractivity contribution is -0.115. The molecule has 1 aliphatic heterocycles. The van der Waals surface area contributed by atoms with Gasteiger partial charge < -0.3 is 34.7 Å². The number of amides is 3. The molecule has 0 fully saturated rings. The number of hydrogen-bond acceptors (Lipinski definition) is 5. The normalized spacial score (nSPS) is 12.8. The first-order valence-electron chi connectivity index (χ1n) is 10.3. The zero-order chi connectivity index (χ0) is 23.5. The third kappa shape index (κ3) is 4.63. The number of fused-ring (bicyclic) bond motifs is 3. The summed E-state index contributed by atoms with van der Waals surface area (Å²) in [6, 6.07) is 8.65. The molecule has 3 N–H and O–H groups in total. The van der Waals surface area contributed by atoms with Crippen molar-refractivity contribution in [1.82, 2.24) is 15.2 Å². The second kappa shape index (κ2) is 9.50. The van der Waals surface area contributed by atoms with Crippen molar-refractivity contribution in [2.45, 2.75) is 13.0 Å². The van der Waals surface area contributed by atoms with Crippen LogP contribution in [0.5, 0.6) is 17.2 Å². The number of nitrogens with one attached hydrogen (secondary N) is 3. The van der Waals surface area contributed by atoms with Crippen LogP contribution in [0.1, 0.15) is 11.3 Å². The molecule has 0 bridgehead atoms. The van der Waals surface area contributed by atoms with Crippen molar-refractivity contribution >= 4 is 40.1 Å². The van der Waals surface area contributed by atoms with E-state index in [4.69, 9.17) is 25.8 Å². The molecule has 1 aliphatic rings. The number of carbonyl (C=O) groups is 2. The average Bonchev–Trinajstić information content (AvgIpc) is 3.18. The standard InChI is InChI=1S/C23H25ClN4O5/c1-31-19-9-14(10-20(32-2)22(19)33-3)26-21(29)11-25-23(30)28-7-6-15-16-8-13(24)4-5-17(16)27-18(15)12-28/h4-5,8-10,27H,6-7,11-12H2,1-3H3,(H,25,30)(H,26,29). The van der Waals surface area contributed by atoms with E-state index in [1.165, 1.54) is 26.9 Å². The maximum Gasteiger partial charge on any atom is 0.318 e. The number of rotatable bonds is 6. The number of halogens is 1. The molecular formula is C23H25ClN4O5. The summed E-state index contributed by atoms with van der Waals surface area (Å²) in [5.41, 5.74) is 3.62. The predicted molar refractivity (Wildman–Crippen MR) is 126 cm³/mol. The molecule has 174 valence electrons. The van der Waals surface area contributed by atoms with Crippen molar-refractivity contribution in [3.63, 3.8) is 0 Å². The number of nitrogens with zero attached hydrogens (tertiary/aromatic N) is 1. The van der Waals surface area contributed by atoms with E-state index >= 15 is 0 Å². The molecule has 10 heteroatoms. The largest absolute Gasteiger partial charge is 0.493 e. The van der Waals surface area contributed by atoms with Crippen LogP contribution in [0, 0.1) is 0 Å². The van der Waals surface area contributed by atoms with Crippen molar-refractivity contribution in [1.29, 1.82) is 0 Å². The van der Waals surface area contributed by atoms with Gasteiger partial charge in [-0.05, 0) is 30.2 Å². The van der Waals surface area contributed by atoms with Gasteiger partial charge in [0.15, 0.2) is 11.5 Å². The highest BCUT2D eigenvalue weighted by Gasteiger charge is 2.24. The second-order valence-electron chi connectivity index (χ2n) is 7.56. The number of carbonyl (C=O) groups excluding carboxylic acids is 2. The number of urea groups is 1. The Morgan fingerprint density at radius 3 is 2.48 bits per heavy atom. The van der Waals surface area contributed by atoms with Crippen LogP contribution in [0.2, 0.25) is 5.02 Å². The van der Waals surface area contributed by atoms with Crippen molar-refractivity contribution in [3.8, 4) is 17.2 Å². The quantitative estimate of drug-likeness (QED) is 0.509. The summed E-state index contributed by atoms with van der Waals surface area (Å²) in [7, 11) is 4.49. The van der Waals surface area contributed by atoms with Crippen LogP contribution in [-0.4, -0.2) is 56.2 Å². The van der Waals surface area contributed by atoms with Crippen molar-refractivity contribution in [3.05, 3.63) is 46.6 Å². The van der Waals surface area contributed by atoms with Crippen molar-refractivity contribution in [2.24, 2.45) is 0 Å². The van der Waals surface area contributed by atoms with Crippen LogP contribution >= 0.6 is 11.6 Å². The van der Waals surface area contributed by atoms with E-state index in [-0.39, 0.29) is 18.5 Å². The van der Waals surface area contributed by atoms with Crippen LogP contribution < -0.4 is 24.8 Å². The number of methoxy groups -OCH3 is 3. The Morgan fingerprint density at radius 2 is 1.82 bits per heavy atom. The fraction of sp³-hybridized carbons (Fsp3) is 0.304. The molecule has 3 amide bonds. The third-order valence-corrected chi connectivity index (χ3v) is 5.81. The average molecular weight is 473 g/mol. The number of ether oxygens (including phenoxy) is 3. The molecule has 1 aromatic heterocycles. The van der Waals surface area contributed by atoms with Gasteiger partial charge in [0, 0.05) is 46.0 Å². The van der Waals surface area contributed by atoms with Gasteiger partial charge in [-0.3, -0.25) is 4.79 Å². The minimum atomic E-state index is -0.379. The zero-order valence-corrected chi connectivity index (χ0v) is 19.3. The van der Waals surface area contributed by atoms with Gasteiger partial charge in [0.1, 0.15) is 0 Å². The molecule has 0 spiro atoms. The van der Waals surface area contributed by atoms with Crippen molar-refractivity contribution in [2.75, 3.05) is 39.7 Å². The Morgan fingerprint density at radius 1 is 1.09 bits per heavy atom. The Kier molecular flexibility index (Phi) is 6.50. The molecule has 0 saturated carbocycles. The Hall–Kier alpha value is -3.59. The van der Waals surface area contributed by atoms with E-state index in [1.54, 1.807) is 17.0 Å².